The van der Waals surface area contributed by atoms with Crippen LogP contribution in [0.2, 0.25) is 5.02 Å². The first-order chi connectivity index (χ1) is 15.5. The minimum Gasteiger partial charge on any atom is -0.357 e. The summed E-state index contributed by atoms with van der Waals surface area (Å²) in [5.41, 5.74) is 2.88. The van der Waals surface area contributed by atoms with E-state index in [0.717, 1.165) is 21.2 Å². The van der Waals surface area contributed by atoms with Crippen LogP contribution < -0.4 is 5.32 Å². The number of carbonyl (C=O) groups excluding carboxylic acids is 2. The van der Waals surface area contributed by atoms with Crippen LogP contribution in [0.5, 0.6) is 0 Å². The van der Waals surface area contributed by atoms with Crippen LogP contribution in [0.1, 0.15) is 23.1 Å². The third kappa shape index (κ3) is 6.68. The van der Waals surface area contributed by atoms with E-state index in [1.807, 2.05) is 78.9 Å². The molecule has 1 atom stereocenters. The van der Waals surface area contributed by atoms with Crippen LogP contribution in [-0.2, 0) is 29.0 Å². The molecule has 32 heavy (non-hydrogen) atoms. The normalized spacial score (nSPS) is 11.6. The Balaban J connectivity index is 1.87. The maximum atomic E-state index is 13.4. The lowest BCUT2D eigenvalue weighted by molar-refractivity contribution is -0.141. The largest absolute Gasteiger partial charge is 0.357 e. The van der Waals surface area contributed by atoms with Crippen molar-refractivity contribution in [2.24, 2.45) is 0 Å². The third-order valence-electron chi connectivity index (χ3n) is 5.35. The van der Waals surface area contributed by atoms with Crippen molar-refractivity contribution in [3.63, 3.8) is 0 Å². The monoisotopic (exact) mass is 512 g/mol. The highest BCUT2D eigenvalue weighted by Crippen LogP contribution is 2.20. The Kier molecular flexibility index (Phi) is 8.89. The van der Waals surface area contributed by atoms with E-state index < -0.39 is 6.04 Å². The van der Waals surface area contributed by atoms with Gasteiger partial charge in [-0.3, -0.25) is 9.59 Å². The zero-order valence-corrected chi connectivity index (χ0v) is 20.3. The minimum absolute atomic E-state index is 0.0858. The molecule has 0 saturated heterocycles. The third-order valence-corrected chi connectivity index (χ3v) is 6.25. The fourth-order valence-electron chi connectivity index (χ4n) is 3.59. The minimum atomic E-state index is -0.621. The molecule has 0 fully saturated rings. The summed E-state index contributed by atoms with van der Waals surface area (Å²) in [4.78, 5) is 28.0. The van der Waals surface area contributed by atoms with Crippen molar-refractivity contribution in [1.82, 2.24) is 10.2 Å². The van der Waals surface area contributed by atoms with Gasteiger partial charge in [0.2, 0.25) is 11.8 Å². The summed E-state index contributed by atoms with van der Waals surface area (Å²) in [5, 5.41) is 3.38. The van der Waals surface area contributed by atoms with Gasteiger partial charge in [0.1, 0.15) is 6.04 Å². The Morgan fingerprint density at radius 1 is 0.938 bits per heavy atom. The van der Waals surface area contributed by atoms with Crippen LogP contribution in [-0.4, -0.2) is 29.8 Å². The van der Waals surface area contributed by atoms with Crippen molar-refractivity contribution in [1.29, 1.82) is 0 Å². The fourth-order valence-corrected chi connectivity index (χ4v) is 4.09. The Labute approximate surface area is 202 Å². The van der Waals surface area contributed by atoms with Gasteiger partial charge in [0, 0.05) is 35.9 Å². The lowest BCUT2D eigenvalue weighted by Crippen LogP contribution is -2.49. The molecule has 0 radical (unpaired) electrons. The predicted octanol–water partition coefficient (Wildman–Crippen LogP) is 5.42. The van der Waals surface area contributed by atoms with Gasteiger partial charge in [-0.2, -0.15) is 0 Å². The molecule has 166 valence electrons. The summed E-state index contributed by atoms with van der Waals surface area (Å²) in [5.74, 6) is -0.269. The highest BCUT2D eigenvalue weighted by atomic mass is 79.9. The molecule has 1 N–H and O–H groups in total. The maximum Gasteiger partial charge on any atom is 0.242 e. The molecule has 3 rings (SSSR count). The molecule has 0 spiro atoms. The number of benzene rings is 3. The summed E-state index contributed by atoms with van der Waals surface area (Å²) in [6, 6.07) is 24.5. The second-order valence-corrected chi connectivity index (χ2v) is 8.88. The number of nitrogens with one attached hydrogen (secondary N) is 1. The molecule has 0 bridgehead atoms. The lowest BCUT2D eigenvalue weighted by Gasteiger charge is -2.31. The number of hydrogen-bond acceptors (Lipinski definition) is 2. The fraction of sp³-hybridized carbons (Fsp3) is 0.231. The standard InChI is InChI=1S/C26H26BrClN2O2/c1-29-26(32)24(17-19-7-3-2-4-8-19)30(18-20-11-14-22(27)15-12-20)25(31)16-13-21-9-5-6-10-23(21)28/h2-12,14-15,24H,13,16-18H2,1H3,(H,29,32)/t24-/m0/s1. The molecular formula is C26H26BrClN2O2. The van der Waals surface area contributed by atoms with Crippen LogP contribution in [0.15, 0.2) is 83.3 Å². The van der Waals surface area contributed by atoms with E-state index in [1.54, 1.807) is 11.9 Å². The first kappa shape index (κ1) is 24.0. The van der Waals surface area contributed by atoms with E-state index in [0.29, 0.717) is 24.4 Å². The average molecular weight is 514 g/mol. The van der Waals surface area contributed by atoms with E-state index in [-0.39, 0.29) is 18.2 Å². The van der Waals surface area contributed by atoms with Crippen molar-refractivity contribution in [3.8, 4) is 0 Å². The van der Waals surface area contributed by atoms with Crippen LogP contribution in [0, 0.1) is 0 Å². The second kappa shape index (κ2) is 11.8. The molecule has 0 saturated carbocycles. The van der Waals surface area contributed by atoms with Gasteiger partial charge in [0.25, 0.3) is 0 Å². The van der Waals surface area contributed by atoms with Gasteiger partial charge >= 0.3 is 0 Å². The molecule has 3 aromatic carbocycles. The van der Waals surface area contributed by atoms with E-state index in [4.69, 9.17) is 11.6 Å². The number of nitrogens with zero attached hydrogens (tertiary/aromatic N) is 1. The van der Waals surface area contributed by atoms with Crippen LogP contribution in [0.4, 0.5) is 0 Å². The smallest absolute Gasteiger partial charge is 0.242 e. The van der Waals surface area contributed by atoms with E-state index in [9.17, 15) is 9.59 Å². The van der Waals surface area contributed by atoms with Crippen molar-refractivity contribution < 1.29 is 9.59 Å². The molecule has 0 aromatic heterocycles. The molecule has 4 nitrogen and oxygen atoms in total. The van der Waals surface area contributed by atoms with Gasteiger partial charge in [-0.1, -0.05) is 88.2 Å². The van der Waals surface area contributed by atoms with E-state index in [1.165, 1.54) is 0 Å². The number of aryl methyl sites for hydroxylation is 1. The molecule has 3 aromatic rings. The maximum absolute atomic E-state index is 13.4. The van der Waals surface area contributed by atoms with Crippen molar-refractivity contribution in [3.05, 3.63) is 105 Å². The molecular weight excluding hydrogens is 488 g/mol. The number of halogens is 2. The average Bonchev–Trinajstić information content (AvgIpc) is 2.82. The first-order valence-electron chi connectivity index (χ1n) is 10.5. The van der Waals surface area contributed by atoms with Crippen LogP contribution >= 0.6 is 27.5 Å². The Hall–Kier alpha value is -2.63. The second-order valence-electron chi connectivity index (χ2n) is 7.56. The molecule has 0 unspecified atom stereocenters. The number of rotatable bonds is 9. The van der Waals surface area contributed by atoms with Gasteiger partial charge in [0.05, 0.1) is 0 Å². The van der Waals surface area contributed by atoms with Crippen LogP contribution in [0.25, 0.3) is 0 Å². The summed E-state index contributed by atoms with van der Waals surface area (Å²) < 4.78 is 0.963. The van der Waals surface area contributed by atoms with Gasteiger partial charge in [-0.05, 0) is 41.3 Å². The number of carbonyl (C=O) groups is 2. The Morgan fingerprint density at radius 3 is 2.25 bits per heavy atom. The SMILES string of the molecule is CNC(=O)[C@H](Cc1ccccc1)N(Cc1ccc(Br)cc1)C(=O)CCc1ccccc1Cl. The van der Waals surface area contributed by atoms with Gasteiger partial charge in [0.15, 0.2) is 0 Å². The number of hydrogen-bond donors (Lipinski definition) is 1. The van der Waals surface area contributed by atoms with E-state index in [2.05, 4.69) is 21.2 Å². The molecule has 6 heteroatoms. The zero-order chi connectivity index (χ0) is 22.9. The summed E-state index contributed by atoms with van der Waals surface area (Å²) >= 11 is 9.73. The van der Waals surface area contributed by atoms with Crippen molar-refractivity contribution in [2.45, 2.75) is 31.8 Å². The quantitative estimate of drug-likeness (QED) is 0.415. The summed E-state index contributed by atoms with van der Waals surface area (Å²) in [6.07, 6.45) is 1.22. The molecule has 0 aliphatic rings. The highest BCUT2D eigenvalue weighted by molar-refractivity contribution is 9.10. The van der Waals surface area contributed by atoms with Gasteiger partial charge < -0.3 is 10.2 Å². The number of likely N-dealkylation sites (N-methyl/N-ethyl adjacent to an activating group) is 1. The van der Waals surface area contributed by atoms with Gasteiger partial charge in [-0.15, -0.1) is 0 Å². The van der Waals surface area contributed by atoms with Crippen LogP contribution in [0.3, 0.4) is 0 Å². The Bertz CT molecular complexity index is 1040. The van der Waals surface area contributed by atoms with Crippen molar-refractivity contribution in [2.75, 3.05) is 7.05 Å². The highest BCUT2D eigenvalue weighted by Gasteiger charge is 2.29. The van der Waals surface area contributed by atoms with Crippen molar-refractivity contribution >= 4 is 39.3 Å². The molecule has 0 aliphatic heterocycles. The van der Waals surface area contributed by atoms with Gasteiger partial charge in [-0.25, -0.2) is 0 Å². The lowest BCUT2D eigenvalue weighted by atomic mass is 10.0. The summed E-state index contributed by atoms with van der Waals surface area (Å²) in [7, 11) is 1.60. The summed E-state index contributed by atoms with van der Waals surface area (Å²) in [6.45, 7) is 0.347. The molecule has 0 aliphatic carbocycles. The predicted molar refractivity (Wildman–Crippen MR) is 132 cm³/mol. The number of amides is 2. The molecule has 0 heterocycles. The topological polar surface area (TPSA) is 49.4 Å². The first-order valence-corrected chi connectivity index (χ1v) is 11.7. The molecule has 2 amide bonds. The van der Waals surface area contributed by atoms with E-state index >= 15 is 0 Å². The Morgan fingerprint density at radius 2 is 1.59 bits per heavy atom. The zero-order valence-electron chi connectivity index (χ0n) is 17.9.